The molecule has 0 spiro atoms. The van der Waals surface area contributed by atoms with Gasteiger partial charge in [-0.2, -0.15) is 5.26 Å². The molecule has 1 aliphatic rings. The summed E-state index contributed by atoms with van der Waals surface area (Å²) in [5, 5.41) is 8.69. The van der Waals surface area contributed by atoms with Crippen molar-refractivity contribution in [2.24, 2.45) is 5.92 Å². The summed E-state index contributed by atoms with van der Waals surface area (Å²) in [5.74, 6) is 0.579. The zero-order valence-electron chi connectivity index (χ0n) is 11.1. The van der Waals surface area contributed by atoms with Crippen LogP contribution in [0.1, 0.15) is 31.2 Å². The Hall–Kier alpha value is -1.34. The first-order chi connectivity index (χ1) is 9.04. The number of carbonyl (C=O) groups is 1. The molecule has 0 radical (unpaired) electrons. The van der Waals surface area contributed by atoms with E-state index in [0.717, 1.165) is 10.9 Å². The van der Waals surface area contributed by atoms with Gasteiger partial charge in [0, 0.05) is 23.5 Å². The second-order valence-corrected chi connectivity index (χ2v) is 6.08. The van der Waals surface area contributed by atoms with Crippen LogP contribution in [0.2, 0.25) is 0 Å². The van der Waals surface area contributed by atoms with E-state index in [4.69, 9.17) is 5.26 Å². The minimum atomic E-state index is -0.0127. The van der Waals surface area contributed by atoms with E-state index in [-0.39, 0.29) is 17.9 Å². The van der Waals surface area contributed by atoms with E-state index in [1.165, 1.54) is 5.56 Å². The Bertz CT molecular complexity index is 523. The molecule has 1 saturated carbocycles. The minimum absolute atomic E-state index is 0.0127. The molecule has 2 rings (SSSR count). The van der Waals surface area contributed by atoms with E-state index >= 15 is 0 Å². The lowest BCUT2D eigenvalue weighted by atomic mass is 10.1. The van der Waals surface area contributed by atoms with Crippen molar-refractivity contribution >= 4 is 21.8 Å². The van der Waals surface area contributed by atoms with Gasteiger partial charge in [-0.05, 0) is 37.0 Å². The molecule has 0 N–H and O–H groups in total. The average Bonchev–Trinajstić information content (AvgIpc) is 3.17. The standard InChI is InChI=1S/C15H17BrN2O/c1-10(6-7-17)18(2)15(19)14-9-13(14)11-4-3-5-12(16)8-11/h3-5,8,10,13-14H,6,9H2,1-2H3. The molecule has 0 aromatic heterocycles. The highest BCUT2D eigenvalue weighted by Crippen LogP contribution is 2.48. The van der Waals surface area contributed by atoms with Crippen molar-refractivity contribution in [3.8, 4) is 6.07 Å². The highest BCUT2D eigenvalue weighted by atomic mass is 79.9. The summed E-state index contributed by atoms with van der Waals surface area (Å²) in [7, 11) is 1.79. The van der Waals surface area contributed by atoms with Crippen LogP contribution >= 0.6 is 15.9 Å². The van der Waals surface area contributed by atoms with Crippen molar-refractivity contribution < 1.29 is 4.79 Å². The Labute approximate surface area is 122 Å². The Kier molecular flexibility index (Phi) is 4.26. The summed E-state index contributed by atoms with van der Waals surface area (Å²) >= 11 is 3.46. The van der Waals surface area contributed by atoms with Crippen molar-refractivity contribution in [1.82, 2.24) is 4.90 Å². The zero-order valence-corrected chi connectivity index (χ0v) is 12.7. The van der Waals surface area contributed by atoms with Gasteiger partial charge in [-0.1, -0.05) is 28.1 Å². The molecule has 0 saturated heterocycles. The smallest absolute Gasteiger partial charge is 0.226 e. The van der Waals surface area contributed by atoms with Crippen LogP contribution in [0.25, 0.3) is 0 Å². The van der Waals surface area contributed by atoms with Crippen LogP contribution < -0.4 is 0 Å². The number of carbonyl (C=O) groups excluding carboxylic acids is 1. The fourth-order valence-electron chi connectivity index (χ4n) is 2.32. The Morgan fingerprint density at radius 2 is 2.37 bits per heavy atom. The molecule has 0 bridgehead atoms. The number of halogens is 1. The number of rotatable bonds is 4. The van der Waals surface area contributed by atoms with Crippen LogP contribution in [0.4, 0.5) is 0 Å². The number of nitrogens with zero attached hydrogens (tertiary/aromatic N) is 2. The molecule has 4 heteroatoms. The van der Waals surface area contributed by atoms with Gasteiger partial charge in [-0.3, -0.25) is 4.79 Å². The van der Waals surface area contributed by atoms with Gasteiger partial charge >= 0.3 is 0 Å². The maximum absolute atomic E-state index is 12.3. The minimum Gasteiger partial charge on any atom is -0.342 e. The third kappa shape index (κ3) is 3.16. The quantitative estimate of drug-likeness (QED) is 0.854. The van der Waals surface area contributed by atoms with Crippen molar-refractivity contribution in [3.63, 3.8) is 0 Å². The van der Waals surface area contributed by atoms with Crippen LogP contribution in [0.15, 0.2) is 28.7 Å². The molecule has 3 atom stereocenters. The highest BCUT2D eigenvalue weighted by molar-refractivity contribution is 9.10. The molecule has 100 valence electrons. The molecular formula is C15H17BrN2O. The topological polar surface area (TPSA) is 44.1 Å². The fourth-order valence-corrected chi connectivity index (χ4v) is 2.74. The summed E-state index contributed by atoms with van der Waals surface area (Å²) in [6.45, 7) is 1.91. The molecule has 1 fully saturated rings. The molecule has 0 aliphatic heterocycles. The Balaban J connectivity index is 1.99. The predicted molar refractivity (Wildman–Crippen MR) is 77.5 cm³/mol. The van der Waals surface area contributed by atoms with Gasteiger partial charge in [0.1, 0.15) is 0 Å². The van der Waals surface area contributed by atoms with Gasteiger partial charge < -0.3 is 4.90 Å². The van der Waals surface area contributed by atoms with Gasteiger partial charge in [0.05, 0.1) is 12.5 Å². The van der Waals surface area contributed by atoms with Gasteiger partial charge in [0.15, 0.2) is 0 Å². The Morgan fingerprint density at radius 3 is 3.00 bits per heavy atom. The summed E-state index contributed by atoms with van der Waals surface area (Å²) in [6.07, 6.45) is 1.30. The third-order valence-corrected chi connectivity index (χ3v) is 4.27. The first-order valence-electron chi connectivity index (χ1n) is 6.43. The second kappa shape index (κ2) is 5.75. The monoisotopic (exact) mass is 320 g/mol. The molecule has 1 aliphatic carbocycles. The molecule has 1 aromatic carbocycles. The third-order valence-electron chi connectivity index (χ3n) is 3.78. The van der Waals surface area contributed by atoms with Crippen molar-refractivity contribution in [3.05, 3.63) is 34.3 Å². The highest BCUT2D eigenvalue weighted by Gasteiger charge is 2.45. The van der Waals surface area contributed by atoms with Gasteiger partial charge in [-0.25, -0.2) is 0 Å². The summed E-state index contributed by atoms with van der Waals surface area (Å²) < 4.78 is 1.05. The number of benzene rings is 1. The largest absolute Gasteiger partial charge is 0.342 e. The predicted octanol–water partition coefficient (Wildman–Crippen LogP) is 3.31. The summed E-state index contributed by atoms with van der Waals surface area (Å²) in [5.41, 5.74) is 1.22. The number of nitriles is 1. The van der Waals surface area contributed by atoms with Crippen LogP contribution in [-0.4, -0.2) is 23.9 Å². The van der Waals surface area contributed by atoms with E-state index in [0.29, 0.717) is 12.3 Å². The van der Waals surface area contributed by atoms with Crippen LogP contribution in [0.5, 0.6) is 0 Å². The lowest BCUT2D eigenvalue weighted by molar-refractivity contribution is -0.133. The van der Waals surface area contributed by atoms with Gasteiger partial charge in [0.2, 0.25) is 5.91 Å². The van der Waals surface area contributed by atoms with Crippen molar-refractivity contribution in [1.29, 1.82) is 5.26 Å². The fraction of sp³-hybridized carbons (Fsp3) is 0.467. The Morgan fingerprint density at radius 1 is 1.63 bits per heavy atom. The summed E-state index contributed by atoms with van der Waals surface area (Å²) in [6, 6.07) is 10.2. The molecule has 3 nitrogen and oxygen atoms in total. The van der Waals surface area contributed by atoms with Gasteiger partial charge in [0.25, 0.3) is 0 Å². The van der Waals surface area contributed by atoms with Crippen LogP contribution in [0, 0.1) is 17.2 Å². The maximum atomic E-state index is 12.3. The number of amides is 1. The SMILES string of the molecule is CC(CC#N)N(C)C(=O)C1CC1c1cccc(Br)c1. The van der Waals surface area contributed by atoms with Crippen LogP contribution in [0.3, 0.4) is 0 Å². The maximum Gasteiger partial charge on any atom is 0.226 e. The first kappa shape index (κ1) is 14.1. The van der Waals surface area contributed by atoms with E-state index in [1.54, 1.807) is 11.9 Å². The molecule has 3 unspecified atom stereocenters. The average molecular weight is 321 g/mol. The second-order valence-electron chi connectivity index (χ2n) is 5.16. The van der Waals surface area contributed by atoms with E-state index in [2.05, 4.69) is 34.1 Å². The van der Waals surface area contributed by atoms with Crippen molar-refractivity contribution in [2.45, 2.75) is 31.7 Å². The molecule has 1 amide bonds. The van der Waals surface area contributed by atoms with Crippen LogP contribution in [-0.2, 0) is 4.79 Å². The lowest BCUT2D eigenvalue weighted by Crippen LogP contribution is -2.36. The normalized spacial score (nSPS) is 22.4. The molecular weight excluding hydrogens is 304 g/mol. The molecule has 1 aromatic rings. The molecule has 19 heavy (non-hydrogen) atoms. The van der Waals surface area contributed by atoms with E-state index in [9.17, 15) is 4.79 Å². The zero-order chi connectivity index (χ0) is 14.0. The first-order valence-corrected chi connectivity index (χ1v) is 7.23. The van der Waals surface area contributed by atoms with E-state index in [1.807, 2.05) is 19.1 Å². The summed E-state index contributed by atoms with van der Waals surface area (Å²) in [4.78, 5) is 14.0. The van der Waals surface area contributed by atoms with Gasteiger partial charge in [-0.15, -0.1) is 0 Å². The van der Waals surface area contributed by atoms with E-state index < -0.39 is 0 Å². The number of hydrogen-bond acceptors (Lipinski definition) is 2. The lowest BCUT2D eigenvalue weighted by Gasteiger charge is -2.23. The number of hydrogen-bond donors (Lipinski definition) is 0. The van der Waals surface area contributed by atoms with Crippen molar-refractivity contribution in [2.75, 3.05) is 7.05 Å². The molecule has 0 heterocycles.